The van der Waals surface area contributed by atoms with E-state index in [9.17, 15) is 5.11 Å². The number of hydrogen-bond donors (Lipinski definition) is 0. The maximum absolute atomic E-state index is 10.6. The third-order valence-electron chi connectivity index (χ3n) is 1.94. The molecule has 9 heavy (non-hydrogen) atoms. The first-order valence-electron chi connectivity index (χ1n) is 3.29. The summed E-state index contributed by atoms with van der Waals surface area (Å²) >= 11 is 0. The van der Waals surface area contributed by atoms with Gasteiger partial charge in [-0.05, 0) is 6.42 Å². The van der Waals surface area contributed by atoms with Crippen molar-refractivity contribution in [3.8, 4) is 0 Å². The lowest BCUT2D eigenvalue weighted by molar-refractivity contribution is -0.197. The van der Waals surface area contributed by atoms with Crippen molar-refractivity contribution in [2.45, 2.75) is 25.4 Å². The molecule has 2 aliphatic heterocycles. The Morgan fingerprint density at radius 3 is 3.11 bits per heavy atom. The van der Waals surface area contributed by atoms with Gasteiger partial charge < -0.3 is 9.47 Å². The second-order valence-corrected chi connectivity index (χ2v) is 2.59. The largest absolute Gasteiger partial charge is 0.352 e. The van der Waals surface area contributed by atoms with E-state index in [0.29, 0.717) is 12.3 Å². The van der Waals surface area contributed by atoms with Crippen LogP contribution in [0.4, 0.5) is 0 Å². The monoisotopic (exact) mass is 129 g/mol. The zero-order valence-electron chi connectivity index (χ0n) is 5.08. The van der Waals surface area contributed by atoms with E-state index in [0.717, 1.165) is 13.0 Å². The van der Waals surface area contributed by atoms with Crippen LogP contribution in [-0.2, 0) is 14.6 Å². The highest BCUT2D eigenvalue weighted by atomic mass is 16.7. The first-order chi connectivity index (χ1) is 4.36. The third kappa shape index (κ3) is 0.852. The van der Waals surface area contributed by atoms with Crippen molar-refractivity contribution in [3.63, 3.8) is 0 Å². The molecule has 0 amide bonds. The Balaban J connectivity index is 2.02. The molecular formula is C6H9O3. The molecule has 0 aliphatic carbocycles. The fraction of sp³-hybridized carbons (Fsp3) is 1.00. The highest BCUT2D eigenvalue weighted by Crippen LogP contribution is 2.33. The highest BCUT2D eigenvalue weighted by molar-refractivity contribution is 4.76. The van der Waals surface area contributed by atoms with E-state index >= 15 is 0 Å². The quantitative estimate of drug-likeness (QED) is 0.478. The molecule has 0 spiro atoms. The van der Waals surface area contributed by atoms with Crippen LogP contribution in [0.15, 0.2) is 0 Å². The summed E-state index contributed by atoms with van der Waals surface area (Å²) in [7, 11) is 0. The number of hydrogen-bond acceptors (Lipinski definition) is 2. The zero-order valence-corrected chi connectivity index (χ0v) is 5.08. The van der Waals surface area contributed by atoms with E-state index in [4.69, 9.17) is 9.47 Å². The molecule has 0 aromatic heterocycles. The maximum atomic E-state index is 10.6. The lowest BCUT2D eigenvalue weighted by Crippen LogP contribution is -2.11. The Morgan fingerprint density at radius 1 is 1.44 bits per heavy atom. The van der Waals surface area contributed by atoms with Crippen LogP contribution in [0.25, 0.3) is 0 Å². The van der Waals surface area contributed by atoms with Crippen LogP contribution in [0.3, 0.4) is 0 Å². The van der Waals surface area contributed by atoms with E-state index in [1.54, 1.807) is 0 Å². The maximum Gasteiger partial charge on any atom is 0.194 e. The highest BCUT2D eigenvalue weighted by Gasteiger charge is 2.39. The lowest BCUT2D eigenvalue weighted by atomic mass is 10.1. The van der Waals surface area contributed by atoms with Gasteiger partial charge in [0.25, 0.3) is 0 Å². The summed E-state index contributed by atoms with van der Waals surface area (Å²) in [6, 6.07) is 0. The van der Waals surface area contributed by atoms with Gasteiger partial charge in [0.15, 0.2) is 12.6 Å². The van der Waals surface area contributed by atoms with Crippen LogP contribution >= 0.6 is 0 Å². The molecule has 3 atom stereocenters. The molecule has 0 saturated carbocycles. The predicted octanol–water partition coefficient (Wildman–Crippen LogP) is 0.526. The molecule has 2 heterocycles. The molecule has 3 nitrogen and oxygen atoms in total. The van der Waals surface area contributed by atoms with Crippen molar-refractivity contribution in [2.24, 2.45) is 5.92 Å². The van der Waals surface area contributed by atoms with Gasteiger partial charge in [-0.15, -0.1) is 0 Å². The summed E-state index contributed by atoms with van der Waals surface area (Å²) in [5, 5.41) is 10.6. The minimum absolute atomic E-state index is 0.160. The average molecular weight is 129 g/mol. The number of rotatable bonds is 0. The molecule has 0 N–H and O–H groups in total. The zero-order chi connectivity index (χ0) is 6.27. The van der Waals surface area contributed by atoms with Gasteiger partial charge in [0.2, 0.25) is 0 Å². The van der Waals surface area contributed by atoms with Gasteiger partial charge in [0, 0.05) is 12.3 Å². The summed E-state index contributed by atoms with van der Waals surface area (Å²) in [5.74, 6) is 0.396. The van der Waals surface area contributed by atoms with Crippen molar-refractivity contribution >= 4 is 0 Å². The lowest BCUT2D eigenvalue weighted by Gasteiger charge is -2.04. The Kier molecular flexibility index (Phi) is 1.22. The van der Waals surface area contributed by atoms with Crippen molar-refractivity contribution in [1.29, 1.82) is 0 Å². The summed E-state index contributed by atoms with van der Waals surface area (Å²) in [4.78, 5) is 0. The molecule has 2 saturated heterocycles. The SMILES string of the molecule is [O]C1CC2CCOC2O1. The molecule has 2 rings (SSSR count). The molecule has 1 radical (unpaired) electrons. The molecule has 2 aliphatic rings. The van der Waals surface area contributed by atoms with Crippen molar-refractivity contribution < 1.29 is 14.6 Å². The smallest absolute Gasteiger partial charge is 0.194 e. The van der Waals surface area contributed by atoms with Gasteiger partial charge in [0.1, 0.15) is 0 Å². The van der Waals surface area contributed by atoms with E-state index < -0.39 is 6.29 Å². The molecule has 0 aromatic carbocycles. The molecule has 51 valence electrons. The predicted molar refractivity (Wildman–Crippen MR) is 28.0 cm³/mol. The summed E-state index contributed by atoms with van der Waals surface area (Å²) in [5.41, 5.74) is 0. The van der Waals surface area contributed by atoms with E-state index in [1.165, 1.54) is 0 Å². The minimum atomic E-state index is -0.819. The van der Waals surface area contributed by atoms with Crippen LogP contribution in [0.1, 0.15) is 12.8 Å². The van der Waals surface area contributed by atoms with E-state index in [1.807, 2.05) is 0 Å². The molecule has 3 heteroatoms. The Labute approximate surface area is 53.6 Å². The minimum Gasteiger partial charge on any atom is -0.352 e. The van der Waals surface area contributed by atoms with Crippen LogP contribution in [0.5, 0.6) is 0 Å². The van der Waals surface area contributed by atoms with Gasteiger partial charge in [-0.2, -0.15) is 0 Å². The fourth-order valence-electron chi connectivity index (χ4n) is 1.44. The van der Waals surface area contributed by atoms with Crippen molar-refractivity contribution in [3.05, 3.63) is 0 Å². The van der Waals surface area contributed by atoms with Gasteiger partial charge >= 0.3 is 0 Å². The molecule has 0 aromatic rings. The topological polar surface area (TPSA) is 38.4 Å². The fourth-order valence-corrected chi connectivity index (χ4v) is 1.44. The number of fused-ring (bicyclic) bond motifs is 1. The standard InChI is InChI=1S/C6H9O3/c7-5-3-4-1-2-8-6(4)9-5/h4-6H,1-3H2. The Morgan fingerprint density at radius 2 is 2.33 bits per heavy atom. The second kappa shape index (κ2) is 1.94. The van der Waals surface area contributed by atoms with Gasteiger partial charge in [-0.1, -0.05) is 0 Å². The first-order valence-corrected chi connectivity index (χ1v) is 3.29. The third-order valence-corrected chi connectivity index (χ3v) is 1.94. The first kappa shape index (κ1) is 5.65. The van der Waals surface area contributed by atoms with Crippen LogP contribution in [0, 0.1) is 5.92 Å². The number of ether oxygens (including phenoxy) is 2. The molecular weight excluding hydrogens is 120 g/mol. The Hall–Kier alpha value is -0.120. The van der Waals surface area contributed by atoms with Crippen LogP contribution < -0.4 is 0 Å². The van der Waals surface area contributed by atoms with Crippen LogP contribution in [0.2, 0.25) is 0 Å². The second-order valence-electron chi connectivity index (χ2n) is 2.59. The summed E-state index contributed by atoms with van der Waals surface area (Å²) in [6.45, 7) is 0.766. The van der Waals surface area contributed by atoms with Crippen molar-refractivity contribution in [2.75, 3.05) is 6.61 Å². The Bertz CT molecular complexity index is 103. The van der Waals surface area contributed by atoms with E-state index in [-0.39, 0.29) is 6.29 Å². The van der Waals surface area contributed by atoms with Gasteiger partial charge in [-0.25, -0.2) is 5.11 Å². The van der Waals surface area contributed by atoms with Gasteiger partial charge in [-0.3, -0.25) is 0 Å². The normalized spacial score (nSPS) is 49.7. The molecule has 0 bridgehead atoms. The molecule has 2 fully saturated rings. The average Bonchev–Trinajstić information content (AvgIpc) is 2.22. The summed E-state index contributed by atoms with van der Waals surface area (Å²) < 4.78 is 10.0. The van der Waals surface area contributed by atoms with E-state index in [2.05, 4.69) is 0 Å². The van der Waals surface area contributed by atoms with Crippen LogP contribution in [-0.4, -0.2) is 19.2 Å². The van der Waals surface area contributed by atoms with Gasteiger partial charge in [0.05, 0.1) is 6.61 Å². The van der Waals surface area contributed by atoms with Crippen molar-refractivity contribution in [1.82, 2.24) is 0 Å². The summed E-state index contributed by atoms with van der Waals surface area (Å²) in [6.07, 6.45) is 0.668. The molecule has 3 unspecified atom stereocenters.